The van der Waals surface area contributed by atoms with E-state index in [4.69, 9.17) is 24.9 Å². The van der Waals surface area contributed by atoms with Crippen LogP contribution in [-0.2, 0) is 13.3 Å². The Bertz CT molecular complexity index is 945. The summed E-state index contributed by atoms with van der Waals surface area (Å²) >= 11 is 6.15. The van der Waals surface area contributed by atoms with Crippen LogP contribution in [0.5, 0.6) is 0 Å². The first-order valence-corrected chi connectivity index (χ1v) is 16.2. The maximum Gasteiger partial charge on any atom is 0.333 e. The van der Waals surface area contributed by atoms with Crippen LogP contribution in [0.25, 0.3) is 11.2 Å². The molecule has 0 spiro atoms. The lowest BCUT2D eigenvalue weighted by Crippen LogP contribution is -2.57. The molecule has 0 amide bonds. The minimum absolute atomic E-state index is 0.145. The zero-order valence-electron chi connectivity index (χ0n) is 21.3. The molecule has 0 aromatic carbocycles. The average Bonchev–Trinajstić information content (AvgIpc) is 3.31. The smallest absolute Gasteiger partial charge is 0.333 e. The minimum atomic E-state index is -2.84. The highest BCUT2D eigenvalue weighted by molar-refractivity contribution is 6.78. The summed E-state index contributed by atoms with van der Waals surface area (Å²) in [6.45, 7) is 17.1. The Hall–Kier alpha value is -0.926. The minimum Gasteiger partial charge on any atom is -0.437 e. The van der Waals surface area contributed by atoms with Gasteiger partial charge in [-0.1, -0.05) is 67.0 Å². The number of fused-ring (bicyclic) bond motifs is 1. The van der Waals surface area contributed by atoms with E-state index in [1.807, 2.05) is 0 Å². The SMILES string of the molecule is CC(C)[SiH](O[Si](OC1C(O)[C@H](n2cnc3c(Cl)ncnc32)O[C@@H]1CO)(C(C)C)C(C)C)C(C)C. The van der Waals surface area contributed by atoms with E-state index in [9.17, 15) is 10.2 Å². The van der Waals surface area contributed by atoms with Crippen molar-refractivity contribution in [3.8, 4) is 0 Å². The maximum atomic E-state index is 11.4. The summed E-state index contributed by atoms with van der Waals surface area (Å²) in [5.41, 5.74) is 2.05. The molecule has 0 saturated carbocycles. The van der Waals surface area contributed by atoms with Crippen molar-refractivity contribution in [3.05, 3.63) is 17.8 Å². The summed E-state index contributed by atoms with van der Waals surface area (Å²) in [6.07, 6.45) is -0.520. The van der Waals surface area contributed by atoms with Crippen LogP contribution < -0.4 is 0 Å². The van der Waals surface area contributed by atoms with E-state index in [2.05, 4.69) is 70.3 Å². The number of aromatic nitrogens is 4. The summed E-state index contributed by atoms with van der Waals surface area (Å²) in [6, 6.07) is 0. The normalized spacial score (nSPS) is 24.1. The van der Waals surface area contributed by atoms with Gasteiger partial charge in [0.05, 0.1) is 12.9 Å². The van der Waals surface area contributed by atoms with E-state index in [-0.39, 0.29) is 22.8 Å². The van der Waals surface area contributed by atoms with Gasteiger partial charge in [-0.05, 0) is 22.2 Å². The molecule has 0 aliphatic carbocycles. The number of nitrogens with zero attached hydrogens (tertiary/aromatic N) is 4. The van der Waals surface area contributed by atoms with Crippen molar-refractivity contribution in [3.63, 3.8) is 0 Å². The molecule has 3 rings (SSSR count). The number of halogens is 1. The van der Waals surface area contributed by atoms with Gasteiger partial charge in [-0.25, -0.2) is 15.0 Å². The molecule has 2 aromatic heterocycles. The van der Waals surface area contributed by atoms with Crippen molar-refractivity contribution in [2.24, 2.45) is 0 Å². The fourth-order valence-electron chi connectivity index (χ4n) is 4.96. The summed E-state index contributed by atoms with van der Waals surface area (Å²) in [5.74, 6) is 0. The van der Waals surface area contributed by atoms with E-state index in [1.165, 1.54) is 12.7 Å². The molecule has 2 N–H and O–H groups in total. The molecule has 1 aliphatic rings. The van der Waals surface area contributed by atoms with Crippen LogP contribution in [0.2, 0.25) is 27.3 Å². The quantitative estimate of drug-likeness (QED) is 0.351. The molecular weight excluding hydrogens is 492 g/mol. The van der Waals surface area contributed by atoms with Crippen LogP contribution in [0.4, 0.5) is 0 Å². The van der Waals surface area contributed by atoms with Crippen LogP contribution in [0.15, 0.2) is 12.7 Å². The molecule has 1 saturated heterocycles. The number of hydrogen-bond donors (Lipinski definition) is 2. The van der Waals surface area contributed by atoms with E-state index >= 15 is 0 Å². The zero-order valence-corrected chi connectivity index (χ0v) is 24.3. The van der Waals surface area contributed by atoms with Gasteiger partial charge in [0.1, 0.15) is 30.2 Å². The van der Waals surface area contributed by atoms with Crippen LogP contribution in [0.1, 0.15) is 61.6 Å². The van der Waals surface area contributed by atoms with Crippen LogP contribution in [-0.4, -0.2) is 72.3 Å². The predicted molar refractivity (Wildman–Crippen MR) is 137 cm³/mol. The maximum absolute atomic E-state index is 11.4. The third-order valence-corrected chi connectivity index (χ3v) is 16.0. The Morgan fingerprint density at radius 1 is 1.09 bits per heavy atom. The van der Waals surface area contributed by atoms with Crippen LogP contribution in [0, 0.1) is 0 Å². The average molecular weight is 531 g/mol. The molecule has 9 nitrogen and oxygen atoms in total. The van der Waals surface area contributed by atoms with Crippen molar-refractivity contribution >= 4 is 40.4 Å². The first-order chi connectivity index (χ1) is 15.9. The number of aliphatic hydroxyl groups is 2. The molecule has 192 valence electrons. The fraction of sp³-hybridized carbons (Fsp3) is 0.773. The molecular formula is C22H39ClN4O5Si2. The largest absolute Gasteiger partial charge is 0.437 e. The standard InChI is InChI=1S/C22H39ClN4O5Si2/c1-12(2)33(13(3)4)32-34(14(5)6,15(7)8)31-19-16(9-28)30-22(18(19)29)27-11-26-17-20(23)24-10-25-21(17)27/h10-16,18-19,22,28-29,33H,9H2,1-8H3/t16-,18?,19?,22-/m1/s1. The third kappa shape index (κ3) is 5.12. The van der Waals surface area contributed by atoms with Gasteiger partial charge < -0.3 is 23.5 Å². The predicted octanol–water partition coefficient (Wildman–Crippen LogP) is 3.94. The van der Waals surface area contributed by atoms with Gasteiger partial charge in [0.25, 0.3) is 0 Å². The number of rotatable bonds is 10. The molecule has 4 atom stereocenters. The summed E-state index contributed by atoms with van der Waals surface area (Å²) in [5, 5.41) is 21.8. The van der Waals surface area contributed by atoms with Crippen molar-refractivity contribution < 1.29 is 23.5 Å². The lowest BCUT2D eigenvalue weighted by Gasteiger charge is -2.44. The first-order valence-electron chi connectivity index (χ1n) is 12.1. The number of imidazole rings is 1. The summed E-state index contributed by atoms with van der Waals surface area (Å²) in [7, 11) is -4.47. The van der Waals surface area contributed by atoms with Crippen molar-refractivity contribution in [1.29, 1.82) is 0 Å². The highest BCUT2D eigenvalue weighted by atomic mass is 35.5. The van der Waals surface area contributed by atoms with Gasteiger partial charge in [-0.2, -0.15) is 0 Å². The summed E-state index contributed by atoms with van der Waals surface area (Å²) in [4.78, 5) is 12.5. The Labute approximate surface area is 209 Å². The summed E-state index contributed by atoms with van der Waals surface area (Å²) < 4.78 is 21.6. The van der Waals surface area contributed by atoms with Crippen molar-refractivity contribution in [1.82, 2.24) is 19.5 Å². The Morgan fingerprint density at radius 3 is 2.24 bits per heavy atom. The van der Waals surface area contributed by atoms with Gasteiger partial charge in [0.15, 0.2) is 26.1 Å². The van der Waals surface area contributed by atoms with Crippen LogP contribution >= 0.6 is 11.6 Å². The second-order valence-electron chi connectivity index (χ2n) is 10.4. The second-order valence-corrected chi connectivity index (χ2v) is 19.3. The molecule has 0 bridgehead atoms. The van der Waals surface area contributed by atoms with E-state index in [0.29, 0.717) is 22.2 Å². The molecule has 12 heteroatoms. The molecule has 1 aliphatic heterocycles. The zero-order chi connectivity index (χ0) is 25.4. The van der Waals surface area contributed by atoms with Gasteiger partial charge in [0.2, 0.25) is 0 Å². The van der Waals surface area contributed by atoms with Gasteiger partial charge >= 0.3 is 8.56 Å². The molecule has 3 heterocycles. The molecule has 2 aromatic rings. The van der Waals surface area contributed by atoms with Gasteiger partial charge in [-0.3, -0.25) is 4.57 Å². The lowest BCUT2D eigenvalue weighted by molar-refractivity contribution is -0.0512. The second kappa shape index (κ2) is 11.0. The van der Waals surface area contributed by atoms with Gasteiger partial charge in [-0.15, -0.1) is 0 Å². The third-order valence-electron chi connectivity index (χ3n) is 6.64. The Balaban J connectivity index is 1.97. The van der Waals surface area contributed by atoms with Crippen molar-refractivity contribution in [2.45, 2.75) is 102 Å². The van der Waals surface area contributed by atoms with Gasteiger partial charge in [0, 0.05) is 0 Å². The highest BCUT2D eigenvalue weighted by Crippen LogP contribution is 2.43. The molecule has 0 radical (unpaired) electrons. The van der Waals surface area contributed by atoms with Crippen molar-refractivity contribution in [2.75, 3.05) is 6.61 Å². The number of hydrogen-bond acceptors (Lipinski definition) is 8. The molecule has 2 unspecified atom stereocenters. The highest BCUT2D eigenvalue weighted by Gasteiger charge is 2.55. The number of aliphatic hydroxyl groups excluding tert-OH is 2. The number of ether oxygens (including phenoxy) is 1. The van der Waals surface area contributed by atoms with E-state index in [1.54, 1.807) is 4.57 Å². The van der Waals surface area contributed by atoms with E-state index in [0.717, 1.165) is 0 Å². The monoisotopic (exact) mass is 530 g/mol. The van der Waals surface area contributed by atoms with E-state index < -0.39 is 42.1 Å². The lowest BCUT2D eigenvalue weighted by atomic mass is 10.1. The molecule has 34 heavy (non-hydrogen) atoms. The Kier molecular flexibility index (Phi) is 8.94. The Morgan fingerprint density at radius 2 is 1.71 bits per heavy atom. The first kappa shape index (κ1) is 27.7. The topological polar surface area (TPSA) is 112 Å². The van der Waals surface area contributed by atoms with Crippen LogP contribution in [0.3, 0.4) is 0 Å². The fourth-order valence-corrected chi connectivity index (χ4v) is 15.5. The molecule has 1 fully saturated rings.